The Morgan fingerprint density at radius 3 is 2.25 bits per heavy atom. The molecule has 0 atom stereocenters. The highest BCUT2D eigenvalue weighted by Crippen LogP contribution is 2.49. The van der Waals surface area contributed by atoms with Crippen LogP contribution in [0.1, 0.15) is 30.5 Å². The van der Waals surface area contributed by atoms with Gasteiger partial charge in [0.15, 0.2) is 0 Å². The summed E-state index contributed by atoms with van der Waals surface area (Å²) >= 11 is 6.36. The SMILES string of the molecule is CC1(C)c2ccccc2-c2ccc(-c3cc(Cl)ccc3C#C[Si](C)(C)C)cc21. The van der Waals surface area contributed by atoms with Gasteiger partial charge in [-0.1, -0.05) is 87.4 Å². The molecular weight excluding hydrogens is 376 g/mol. The molecule has 0 nitrogen and oxygen atoms in total. The molecule has 3 aromatic rings. The highest BCUT2D eigenvalue weighted by molar-refractivity contribution is 6.83. The molecule has 0 saturated carbocycles. The largest absolute Gasteiger partial charge is 0.129 e. The second-order valence-corrected chi connectivity index (χ2v) is 14.3. The van der Waals surface area contributed by atoms with E-state index in [2.05, 4.69) is 93.5 Å². The van der Waals surface area contributed by atoms with Crippen molar-refractivity contribution in [3.8, 4) is 33.7 Å². The summed E-state index contributed by atoms with van der Waals surface area (Å²) in [7, 11) is -1.45. The molecule has 1 aliphatic carbocycles. The fraction of sp³-hybridized carbons (Fsp3) is 0.231. The van der Waals surface area contributed by atoms with Crippen molar-refractivity contribution in [2.75, 3.05) is 0 Å². The Labute approximate surface area is 174 Å². The van der Waals surface area contributed by atoms with Crippen molar-refractivity contribution in [2.24, 2.45) is 0 Å². The molecule has 0 saturated heterocycles. The zero-order chi connectivity index (χ0) is 20.1. The van der Waals surface area contributed by atoms with E-state index in [0.29, 0.717) is 0 Å². The molecule has 0 bridgehead atoms. The minimum absolute atomic E-state index is 0.00925. The molecule has 0 heterocycles. The summed E-state index contributed by atoms with van der Waals surface area (Å²) in [5.41, 5.74) is 12.3. The lowest BCUT2D eigenvalue weighted by Gasteiger charge is -2.22. The minimum atomic E-state index is -1.45. The van der Waals surface area contributed by atoms with Gasteiger partial charge < -0.3 is 0 Å². The van der Waals surface area contributed by atoms with Crippen LogP contribution in [0.3, 0.4) is 0 Å². The Morgan fingerprint density at radius 2 is 1.50 bits per heavy atom. The van der Waals surface area contributed by atoms with Crippen molar-refractivity contribution in [3.63, 3.8) is 0 Å². The van der Waals surface area contributed by atoms with Gasteiger partial charge in [0.2, 0.25) is 0 Å². The van der Waals surface area contributed by atoms with Gasteiger partial charge in [0.1, 0.15) is 8.07 Å². The maximum atomic E-state index is 6.36. The van der Waals surface area contributed by atoms with Gasteiger partial charge in [-0.25, -0.2) is 0 Å². The third kappa shape index (κ3) is 3.32. The zero-order valence-corrected chi connectivity index (χ0v) is 18.9. The predicted molar refractivity (Wildman–Crippen MR) is 125 cm³/mol. The van der Waals surface area contributed by atoms with Gasteiger partial charge >= 0.3 is 0 Å². The van der Waals surface area contributed by atoms with Crippen molar-refractivity contribution >= 4 is 19.7 Å². The minimum Gasteiger partial charge on any atom is -0.127 e. The highest BCUT2D eigenvalue weighted by Gasteiger charge is 2.35. The summed E-state index contributed by atoms with van der Waals surface area (Å²) in [4.78, 5) is 0. The molecule has 0 unspecified atom stereocenters. The zero-order valence-electron chi connectivity index (χ0n) is 17.2. The van der Waals surface area contributed by atoms with Gasteiger partial charge in [-0.15, -0.1) is 5.54 Å². The van der Waals surface area contributed by atoms with E-state index < -0.39 is 8.07 Å². The van der Waals surface area contributed by atoms with E-state index in [-0.39, 0.29) is 5.41 Å². The average molecular weight is 401 g/mol. The van der Waals surface area contributed by atoms with Crippen LogP contribution in [-0.4, -0.2) is 8.07 Å². The Bertz CT molecular complexity index is 1140. The predicted octanol–water partition coefficient (Wildman–Crippen LogP) is 7.54. The highest BCUT2D eigenvalue weighted by atomic mass is 35.5. The normalized spacial score (nSPS) is 14.1. The van der Waals surface area contributed by atoms with Gasteiger partial charge in [-0.2, -0.15) is 0 Å². The van der Waals surface area contributed by atoms with Crippen LogP contribution in [0.25, 0.3) is 22.3 Å². The van der Waals surface area contributed by atoms with E-state index in [1.807, 2.05) is 12.1 Å². The van der Waals surface area contributed by atoms with Crippen LogP contribution in [0.5, 0.6) is 0 Å². The van der Waals surface area contributed by atoms with Gasteiger partial charge in [-0.05, 0) is 57.6 Å². The van der Waals surface area contributed by atoms with Crippen molar-refractivity contribution < 1.29 is 0 Å². The van der Waals surface area contributed by atoms with Gasteiger partial charge in [0.05, 0.1) is 0 Å². The quantitative estimate of drug-likeness (QED) is 0.292. The first-order chi connectivity index (χ1) is 13.2. The monoisotopic (exact) mass is 400 g/mol. The lowest BCUT2D eigenvalue weighted by atomic mass is 9.81. The molecule has 0 aromatic heterocycles. The molecular formula is C26H25ClSi. The first-order valence-electron chi connectivity index (χ1n) is 9.74. The molecule has 1 aliphatic rings. The molecule has 140 valence electrons. The fourth-order valence-electron chi connectivity index (χ4n) is 3.99. The Morgan fingerprint density at radius 1 is 0.786 bits per heavy atom. The lowest BCUT2D eigenvalue weighted by molar-refractivity contribution is 0.660. The standard InChI is InChI=1S/C26H25ClSi/c1-26(2)24-9-7-6-8-21(24)22-13-11-19(16-25(22)26)23-17-20(27)12-10-18(23)14-15-28(3,4)5/h6-13,16-17H,1-5H3. The summed E-state index contributed by atoms with van der Waals surface area (Å²) in [6.07, 6.45) is 0. The van der Waals surface area contributed by atoms with E-state index in [1.54, 1.807) is 0 Å². The van der Waals surface area contributed by atoms with E-state index in [1.165, 1.54) is 27.8 Å². The van der Waals surface area contributed by atoms with E-state index in [9.17, 15) is 0 Å². The van der Waals surface area contributed by atoms with Crippen molar-refractivity contribution in [1.82, 2.24) is 0 Å². The van der Waals surface area contributed by atoms with E-state index >= 15 is 0 Å². The first kappa shape index (κ1) is 19.1. The van der Waals surface area contributed by atoms with Crippen LogP contribution in [-0.2, 0) is 5.41 Å². The number of hydrogen-bond donors (Lipinski definition) is 0. The molecule has 28 heavy (non-hydrogen) atoms. The molecule has 4 rings (SSSR count). The van der Waals surface area contributed by atoms with Crippen LogP contribution >= 0.6 is 11.6 Å². The summed E-state index contributed by atoms with van der Waals surface area (Å²) < 4.78 is 0. The number of benzene rings is 3. The average Bonchev–Trinajstić information content (AvgIpc) is 2.88. The van der Waals surface area contributed by atoms with Gasteiger partial charge in [0.25, 0.3) is 0 Å². The smallest absolute Gasteiger partial charge is 0.127 e. The molecule has 0 fully saturated rings. The summed E-state index contributed by atoms with van der Waals surface area (Å²) in [5, 5.41) is 0.747. The van der Waals surface area contributed by atoms with Crippen LogP contribution in [0.2, 0.25) is 24.7 Å². The van der Waals surface area contributed by atoms with Crippen LogP contribution in [0.4, 0.5) is 0 Å². The number of rotatable bonds is 1. The second-order valence-electron chi connectivity index (χ2n) is 9.12. The Kier molecular flexibility index (Phi) is 4.53. The molecule has 0 amide bonds. The Balaban J connectivity index is 1.89. The summed E-state index contributed by atoms with van der Waals surface area (Å²) in [6.45, 7) is 11.4. The number of halogens is 1. The molecule has 0 spiro atoms. The van der Waals surface area contributed by atoms with Crippen molar-refractivity contribution in [1.29, 1.82) is 0 Å². The van der Waals surface area contributed by atoms with Crippen LogP contribution in [0.15, 0.2) is 60.7 Å². The Hall–Kier alpha value is -2.27. The van der Waals surface area contributed by atoms with E-state index in [4.69, 9.17) is 11.6 Å². The molecule has 2 heteroatoms. The third-order valence-corrected chi connectivity index (χ3v) is 6.56. The first-order valence-corrected chi connectivity index (χ1v) is 13.6. The maximum Gasteiger partial charge on any atom is 0.129 e. The van der Waals surface area contributed by atoms with Crippen molar-refractivity contribution in [3.05, 3.63) is 82.4 Å². The summed E-state index contributed by atoms with van der Waals surface area (Å²) in [5.74, 6) is 3.44. The lowest BCUT2D eigenvalue weighted by Crippen LogP contribution is -2.16. The van der Waals surface area contributed by atoms with Crippen LogP contribution < -0.4 is 0 Å². The fourth-order valence-corrected chi connectivity index (χ4v) is 4.67. The molecule has 0 aliphatic heterocycles. The third-order valence-electron chi connectivity index (χ3n) is 5.45. The number of fused-ring (bicyclic) bond motifs is 3. The molecule has 3 aromatic carbocycles. The summed E-state index contributed by atoms with van der Waals surface area (Å²) in [6, 6.07) is 21.6. The number of hydrogen-bond acceptors (Lipinski definition) is 0. The molecule has 0 N–H and O–H groups in total. The second kappa shape index (κ2) is 6.66. The molecule has 0 radical (unpaired) electrons. The van der Waals surface area contributed by atoms with Crippen molar-refractivity contribution in [2.45, 2.75) is 38.9 Å². The topological polar surface area (TPSA) is 0 Å². The maximum absolute atomic E-state index is 6.36. The van der Waals surface area contributed by atoms with Gasteiger partial charge in [0, 0.05) is 16.0 Å². The van der Waals surface area contributed by atoms with Gasteiger partial charge in [-0.3, -0.25) is 0 Å². The van der Waals surface area contributed by atoms with Crippen LogP contribution in [0, 0.1) is 11.5 Å². The van der Waals surface area contributed by atoms with E-state index in [0.717, 1.165) is 16.1 Å².